The van der Waals surface area contributed by atoms with Crippen LogP contribution >= 0.6 is 0 Å². The van der Waals surface area contributed by atoms with Gasteiger partial charge in [0.2, 0.25) is 0 Å². The SMILES string of the molecule is N#Cc1cc(C(=O)N(C2CC2)C2CCc3nn(C(=O)OCc4ccccc4)cc3C2)ccc1-c1ccccc1. The normalized spacial score (nSPS) is 16.1. The quantitative estimate of drug-likeness (QED) is 0.325. The van der Waals surface area contributed by atoms with Crippen LogP contribution in [0.1, 0.15) is 52.0 Å². The Kier molecular flexibility index (Phi) is 6.68. The van der Waals surface area contributed by atoms with Gasteiger partial charge in [-0.25, -0.2) is 4.79 Å². The Bertz CT molecular complexity index is 1550. The molecule has 1 fully saturated rings. The molecule has 4 aromatic rings. The zero-order valence-electron chi connectivity index (χ0n) is 21.5. The third kappa shape index (κ3) is 5.19. The molecule has 194 valence electrons. The van der Waals surface area contributed by atoms with Crippen molar-refractivity contribution in [2.75, 3.05) is 0 Å². The predicted molar refractivity (Wildman–Crippen MR) is 146 cm³/mol. The van der Waals surface area contributed by atoms with Crippen molar-refractivity contribution in [1.82, 2.24) is 14.7 Å². The highest BCUT2D eigenvalue weighted by atomic mass is 16.6. The number of fused-ring (bicyclic) bond motifs is 1. The van der Waals surface area contributed by atoms with Crippen LogP contribution in [-0.4, -0.2) is 38.8 Å². The molecule has 1 unspecified atom stereocenters. The second-order valence-corrected chi connectivity index (χ2v) is 10.2. The van der Waals surface area contributed by atoms with Crippen molar-refractivity contribution in [3.05, 3.63) is 113 Å². The van der Waals surface area contributed by atoms with E-state index in [9.17, 15) is 14.9 Å². The first-order valence-electron chi connectivity index (χ1n) is 13.3. The topological polar surface area (TPSA) is 88.2 Å². The van der Waals surface area contributed by atoms with Gasteiger partial charge in [-0.2, -0.15) is 15.0 Å². The lowest BCUT2D eigenvalue weighted by molar-refractivity contribution is 0.0642. The molecule has 39 heavy (non-hydrogen) atoms. The molecular formula is C32H28N4O3. The maximum absolute atomic E-state index is 13.8. The van der Waals surface area contributed by atoms with E-state index in [-0.39, 0.29) is 24.6 Å². The lowest BCUT2D eigenvalue weighted by Gasteiger charge is -2.34. The summed E-state index contributed by atoms with van der Waals surface area (Å²) in [6.45, 7) is 0.185. The maximum Gasteiger partial charge on any atom is 0.435 e. The Morgan fingerprint density at radius 2 is 1.72 bits per heavy atom. The summed E-state index contributed by atoms with van der Waals surface area (Å²) in [5.41, 5.74) is 5.56. The highest BCUT2D eigenvalue weighted by molar-refractivity contribution is 5.96. The molecule has 0 bridgehead atoms. The first-order valence-corrected chi connectivity index (χ1v) is 13.3. The second-order valence-electron chi connectivity index (χ2n) is 10.2. The van der Waals surface area contributed by atoms with Gasteiger partial charge in [-0.05, 0) is 66.5 Å². The van der Waals surface area contributed by atoms with Crippen molar-refractivity contribution in [2.45, 2.75) is 50.8 Å². The average Bonchev–Trinajstić information content (AvgIpc) is 3.73. The number of hydrogen-bond acceptors (Lipinski definition) is 5. The summed E-state index contributed by atoms with van der Waals surface area (Å²) < 4.78 is 6.72. The Morgan fingerprint density at radius 1 is 0.974 bits per heavy atom. The van der Waals surface area contributed by atoms with Gasteiger partial charge in [0, 0.05) is 23.8 Å². The van der Waals surface area contributed by atoms with E-state index in [1.54, 1.807) is 12.3 Å². The minimum atomic E-state index is -0.512. The van der Waals surface area contributed by atoms with Crippen molar-refractivity contribution >= 4 is 12.0 Å². The van der Waals surface area contributed by atoms with Crippen molar-refractivity contribution < 1.29 is 14.3 Å². The van der Waals surface area contributed by atoms with Crippen molar-refractivity contribution in [3.63, 3.8) is 0 Å². The van der Waals surface area contributed by atoms with E-state index in [4.69, 9.17) is 4.74 Å². The molecule has 2 aliphatic carbocycles. The van der Waals surface area contributed by atoms with E-state index in [0.717, 1.165) is 47.2 Å². The Labute approximate surface area is 227 Å². The van der Waals surface area contributed by atoms with Gasteiger partial charge >= 0.3 is 6.09 Å². The average molecular weight is 517 g/mol. The molecule has 1 heterocycles. The van der Waals surface area contributed by atoms with Gasteiger partial charge in [0.15, 0.2) is 0 Å². The summed E-state index contributed by atoms with van der Waals surface area (Å²) in [5.74, 6) is -0.0447. The molecule has 0 saturated heterocycles. The molecule has 2 aliphatic rings. The highest BCUT2D eigenvalue weighted by Crippen LogP contribution is 2.35. The summed E-state index contributed by atoms with van der Waals surface area (Å²) in [6.07, 6.45) is 5.29. The smallest absolute Gasteiger partial charge is 0.435 e. The summed E-state index contributed by atoms with van der Waals surface area (Å²) in [5, 5.41) is 14.3. The van der Waals surface area contributed by atoms with E-state index >= 15 is 0 Å². The largest absolute Gasteiger partial charge is 0.443 e. The molecule has 7 heteroatoms. The summed E-state index contributed by atoms with van der Waals surface area (Å²) >= 11 is 0. The molecule has 0 spiro atoms. The lowest BCUT2D eigenvalue weighted by atomic mass is 9.91. The molecule has 3 aromatic carbocycles. The van der Waals surface area contributed by atoms with Crippen LogP contribution in [0, 0.1) is 11.3 Å². The molecule has 0 aliphatic heterocycles. The van der Waals surface area contributed by atoms with E-state index in [0.29, 0.717) is 24.0 Å². The molecule has 1 amide bonds. The van der Waals surface area contributed by atoms with Gasteiger partial charge in [-0.3, -0.25) is 4.79 Å². The molecule has 0 N–H and O–H groups in total. The van der Waals surface area contributed by atoms with Crippen molar-refractivity contribution in [3.8, 4) is 17.2 Å². The van der Waals surface area contributed by atoms with Crippen LogP contribution in [0.25, 0.3) is 11.1 Å². The first kappa shape index (κ1) is 24.6. The summed E-state index contributed by atoms with van der Waals surface area (Å²) in [4.78, 5) is 28.5. The number of carbonyl (C=O) groups excluding carboxylic acids is 2. The zero-order chi connectivity index (χ0) is 26.8. The zero-order valence-corrected chi connectivity index (χ0v) is 21.5. The number of nitriles is 1. The number of aromatic nitrogens is 2. The number of ether oxygens (including phenoxy) is 1. The van der Waals surface area contributed by atoms with Gasteiger partial charge in [0.05, 0.1) is 17.3 Å². The number of benzene rings is 3. The minimum absolute atomic E-state index is 0.00910. The number of amides is 1. The van der Waals surface area contributed by atoms with E-state index in [1.165, 1.54) is 4.68 Å². The Hall–Kier alpha value is -4.70. The summed E-state index contributed by atoms with van der Waals surface area (Å²) in [7, 11) is 0. The number of carbonyl (C=O) groups is 2. The van der Waals surface area contributed by atoms with Crippen molar-refractivity contribution in [2.24, 2.45) is 0 Å². The standard InChI is InChI=1S/C32H28N4O3/c33-19-25-17-24(11-15-29(25)23-9-5-2-6-10-23)31(37)36(27-12-13-27)28-14-16-30-26(18-28)20-35(34-30)32(38)39-21-22-7-3-1-4-8-22/h1-11,15,17,20,27-28H,12-14,16,18,21H2. The molecule has 1 aromatic heterocycles. The number of rotatable bonds is 6. The molecule has 0 radical (unpaired) electrons. The van der Waals surface area contributed by atoms with Crippen LogP contribution in [0.2, 0.25) is 0 Å². The number of nitrogens with zero attached hydrogens (tertiary/aromatic N) is 4. The predicted octanol–water partition coefficient (Wildman–Crippen LogP) is 5.77. The fourth-order valence-corrected chi connectivity index (χ4v) is 5.37. The minimum Gasteiger partial charge on any atom is -0.443 e. The van der Waals surface area contributed by atoms with Crippen LogP contribution < -0.4 is 0 Å². The fraction of sp³-hybridized carbons (Fsp3) is 0.250. The second kappa shape index (κ2) is 10.6. The van der Waals surface area contributed by atoms with Gasteiger partial charge in [-0.1, -0.05) is 66.7 Å². The van der Waals surface area contributed by atoms with E-state index < -0.39 is 6.09 Å². The van der Waals surface area contributed by atoms with E-state index in [1.807, 2.05) is 77.7 Å². The molecule has 1 atom stereocenters. The molecule has 7 nitrogen and oxygen atoms in total. The third-order valence-corrected chi connectivity index (χ3v) is 7.48. The Morgan fingerprint density at radius 3 is 2.44 bits per heavy atom. The van der Waals surface area contributed by atoms with Gasteiger partial charge in [0.25, 0.3) is 5.91 Å². The van der Waals surface area contributed by atoms with Gasteiger partial charge < -0.3 is 9.64 Å². The molecule has 1 saturated carbocycles. The van der Waals surface area contributed by atoms with Gasteiger partial charge in [-0.15, -0.1) is 0 Å². The van der Waals surface area contributed by atoms with Crippen LogP contribution in [0.4, 0.5) is 4.79 Å². The number of aryl methyl sites for hydroxylation is 1. The van der Waals surface area contributed by atoms with Crippen molar-refractivity contribution in [1.29, 1.82) is 5.26 Å². The third-order valence-electron chi connectivity index (χ3n) is 7.48. The van der Waals surface area contributed by atoms with Gasteiger partial charge in [0.1, 0.15) is 6.61 Å². The van der Waals surface area contributed by atoms with Crippen LogP contribution in [0.3, 0.4) is 0 Å². The van der Waals surface area contributed by atoms with Crippen LogP contribution in [0.5, 0.6) is 0 Å². The molecule has 6 rings (SSSR count). The summed E-state index contributed by atoms with van der Waals surface area (Å²) in [6, 6.07) is 27.2. The fourth-order valence-electron chi connectivity index (χ4n) is 5.37. The van der Waals surface area contributed by atoms with E-state index in [2.05, 4.69) is 11.2 Å². The highest BCUT2D eigenvalue weighted by Gasteiger charge is 2.39. The maximum atomic E-state index is 13.8. The first-order chi connectivity index (χ1) is 19.1. The monoisotopic (exact) mass is 516 g/mol. The van der Waals surface area contributed by atoms with Crippen LogP contribution in [0.15, 0.2) is 85.1 Å². The Balaban J connectivity index is 1.18. The van der Waals surface area contributed by atoms with Crippen LogP contribution in [-0.2, 0) is 24.2 Å². The number of hydrogen-bond donors (Lipinski definition) is 0. The lowest BCUT2D eigenvalue weighted by Crippen LogP contribution is -2.44. The molecular weight excluding hydrogens is 488 g/mol.